The van der Waals surface area contributed by atoms with Gasteiger partial charge in [0.25, 0.3) is 0 Å². The van der Waals surface area contributed by atoms with Crippen LogP contribution in [0.15, 0.2) is 53.7 Å². The number of aryl methyl sites for hydroxylation is 1. The molecular weight excluding hydrogens is 410 g/mol. The molecular formula is C24H29N3O3S. The van der Waals surface area contributed by atoms with Gasteiger partial charge in [-0.1, -0.05) is 19.0 Å². The molecule has 3 aromatic rings. The zero-order chi connectivity index (χ0) is 22.2. The number of ether oxygens (including phenoxy) is 2. The van der Waals surface area contributed by atoms with Crippen LogP contribution in [0.25, 0.3) is 11.3 Å². The summed E-state index contributed by atoms with van der Waals surface area (Å²) in [4.78, 5) is 6.04. The Morgan fingerprint density at radius 1 is 1.00 bits per heavy atom. The van der Waals surface area contributed by atoms with E-state index in [4.69, 9.17) is 25.4 Å². The van der Waals surface area contributed by atoms with E-state index in [1.54, 1.807) is 35.6 Å². The molecule has 0 atom stereocenters. The van der Waals surface area contributed by atoms with Crippen LogP contribution in [0.2, 0.25) is 0 Å². The van der Waals surface area contributed by atoms with E-state index in [0.717, 1.165) is 40.6 Å². The standard InChI is InChI=1S/C24H29N3O3S/c1-16(2)23-22(26-17(3)31-23)18-6-10-20(11-7-18)29-14-4-5-15-30-21-12-8-19(9-13-21)24(25)27-28/h6-13,16,28H,4-5,14-15H2,1-3H3,(H2,25,27). The summed E-state index contributed by atoms with van der Waals surface area (Å²) in [6, 6.07) is 15.3. The van der Waals surface area contributed by atoms with Crippen LogP contribution in [0.5, 0.6) is 11.5 Å². The molecule has 0 saturated heterocycles. The van der Waals surface area contributed by atoms with Gasteiger partial charge in [0.15, 0.2) is 5.84 Å². The predicted octanol–water partition coefficient (Wildman–Crippen LogP) is 5.57. The van der Waals surface area contributed by atoms with E-state index in [1.807, 2.05) is 12.1 Å². The number of unbranched alkanes of at least 4 members (excludes halogenated alkanes) is 1. The van der Waals surface area contributed by atoms with Crippen LogP contribution in [0.3, 0.4) is 0 Å². The van der Waals surface area contributed by atoms with Crippen molar-refractivity contribution < 1.29 is 14.7 Å². The summed E-state index contributed by atoms with van der Waals surface area (Å²) in [7, 11) is 0. The maximum Gasteiger partial charge on any atom is 0.170 e. The van der Waals surface area contributed by atoms with Crippen molar-refractivity contribution in [3.8, 4) is 22.8 Å². The van der Waals surface area contributed by atoms with Crippen molar-refractivity contribution in [1.82, 2.24) is 4.98 Å². The predicted molar refractivity (Wildman–Crippen MR) is 126 cm³/mol. The van der Waals surface area contributed by atoms with Crippen molar-refractivity contribution in [2.75, 3.05) is 13.2 Å². The molecule has 1 heterocycles. The summed E-state index contributed by atoms with van der Waals surface area (Å²) in [5.74, 6) is 2.16. The second kappa shape index (κ2) is 10.8. The molecule has 6 nitrogen and oxygen atoms in total. The average Bonchev–Trinajstić information content (AvgIpc) is 3.18. The third-order valence-corrected chi connectivity index (χ3v) is 6.02. The molecule has 3 N–H and O–H groups in total. The summed E-state index contributed by atoms with van der Waals surface area (Å²) in [5.41, 5.74) is 8.41. The van der Waals surface area contributed by atoms with Crippen LogP contribution in [0.1, 0.15) is 48.1 Å². The Balaban J connectivity index is 1.40. The molecule has 164 valence electrons. The Morgan fingerprint density at radius 3 is 2.06 bits per heavy atom. The van der Waals surface area contributed by atoms with Crippen molar-refractivity contribution in [2.24, 2.45) is 10.9 Å². The second-order valence-electron chi connectivity index (χ2n) is 7.54. The van der Waals surface area contributed by atoms with Gasteiger partial charge in [-0.2, -0.15) is 0 Å². The first kappa shape index (κ1) is 22.6. The van der Waals surface area contributed by atoms with Gasteiger partial charge in [0.1, 0.15) is 11.5 Å². The molecule has 0 fully saturated rings. The van der Waals surface area contributed by atoms with Crippen molar-refractivity contribution >= 4 is 17.2 Å². The van der Waals surface area contributed by atoms with Crippen molar-refractivity contribution in [2.45, 2.75) is 39.5 Å². The van der Waals surface area contributed by atoms with Crippen molar-refractivity contribution in [3.63, 3.8) is 0 Å². The third-order valence-electron chi connectivity index (χ3n) is 4.75. The van der Waals surface area contributed by atoms with Gasteiger partial charge in [-0.15, -0.1) is 11.3 Å². The highest BCUT2D eigenvalue weighted by molar-refractivity contribution is 7.12. The first-order chi connectivity index (χ1) is 15.0. The fourth-order valence-electron chi connectivity index (χ4n) is 3.11. The first-order valence-electron chi connectivity index (χ1n) is 10.4. The van der Waals surface area contributed by atoms with Crippen LogP contribution in [-0.2, 0) is 0 Å². The summed E-state index contributed by atoms with van der Waals surface area (Å²) >= 11 is 1.77. The van der Waals surface area contributed by atoms with Crippen LogP contribution >= 0.6 is 11.3 Å². The third kappa shape index (κ3) is 6.21. The lowest BCUT2D eigenvalue weighted by Crippen LogP contribution is -2.12. The number of oxime groups is 1. The zero-order valence-electron chi connectivity index (χ0n) is 18.2. The van der Waals surface area contributed by atoms with Gasteiger partial charge in [0.05, 0.1) is 23.9 Å². The largest absolute Gasteiger partial charge is 0.494 e. The molecule has 0 saturated carbocycles. The van der Waals surface area contributed by atoms with Gasteiger partial charge in [-0.05, 0) is 74.2 Å². The topological polar surface area (TPSA) is 90.0 Å². The number of nitrogens with two attached hydrogens (primary N) is 1. The van der Waals surface area contributed by atoms with Crippen molar-refractivity contribution in [1.29, 1.82) is 0 Å². The number of amidine groups is 1. The highest BCUT2D eigenvalue weighted by Gasteiger charge is 2.14. The molecule has 0 bridgehead atoms. The number of hydrogen-bond acceptors (Lipinski definition) is 6. The molecule has 0 spiro atoms. The fourth-order valence-corrected chi connectivity index (χ4v) is 4.06. The molecule has 0 amide bonds. The molecule has 31 heavy (non-hydrogen) atoms. The minimum Gasteiger partial charge on any atom is -0.494 e. The monoisotopic (exact) mass is 439 g/mol. The fraction of sp³-hybridized carbons (Fsp3) is 0.333. The molecule has 0 unspecified atom stereocenters. The quantitative estimate of drug-likeness (QED) is 0.142. The van der Waals surface area contributed by atoms with Crippen LogP contribution in [0.4, 0.5) is 0 Å². The van der Waals surface area contributed by atoms with Gasteiger partial charge < -0.3 is 20.4 Å². The average molecular weight is 440 g/mol. The second-order valence-corrected chi connectivity index (χ2v) is 8.77. The number of benzene rings is 2. The summed E-state index contributed by atoms with van der Waals surface area (Å²) < 4.78 is 11.6. The molecule has 7 heteroatoms. The molecule has 0 aliphatic carbocycles. The molecule has 0 radical (unpaired) electrons. The molecule has 3 rings (SSSR count). The van der Waals surface area contributed by atoms with E-state index in [0.29, 0.717) is 24.7 Å². The van der Waals surface area contributed by atoms with Gasteiger partial charge >= 0.3 is 0 Å². The number of rotatable bonds is 10. The highest BCUT2D eigenvalue weighted by atomic mass is 32.1. The van der Waals surface area contributed by atoms with Gasteiger partial charge in [-0.25, -0.2) is 4.98 Å². The van der Waals surface area contributed by atoms with E-state index in [1.165, 1.54) is 4.88 Å². The maximum atomic E-state index is 8.68. The molecule has 1 aromatic heterocycles. The van der Waals surface area contributed by atoms with Crippen LogP contribution < -0.4 is 15.2 Å². The highest BCUT2D eigenvalue weighted by Crippen LogP contribution is 2.34. The molecule has 0 aliphatic rings. The lowest BCUT2D eigenvalue weighted by atomic mass is 10.1. The van der Waals surface area contributed by atoms with Crippen LogP contribution in [-0.4, -0.2) is 29.2 Å². The smallest absolute Gasteiger partial charge is 0.170 e. The minimum atomic E-state index is 0.0822. The number of hydrogen-bond donors (Lipinski definition) is 2. The Kier molecular flexibility index (Phi) is 7.89. The molecule has 0 aliphatic heterocycles. The molecule has 2 aromatic carbocycles. The van der Waals surface area contributed by atoms with E-state index in [2.05, 4.69) is 38.1 Å². The van der Waals surface area contributed by atoms with E-state index < -0.39 is 0 Å². The first-order valence-corrected chi connectivity index (χ1v) is 11.2. The number of thiazole rings is 1. The van der Waals surface area contributed by atoms with Gasteiger partial charge in [0.2, 0.25) is 0 Å². The summed E-state index contributed by atoms with van der Waals surface area (Å²) in [6.45, 7) is 7.70. The minimum absolute atomic E-state index is 0.0822. The van der Waals surface area contributed by atoms with Crippen LogP contribution in [0, 0.1) is 6.92 Å². The summed E-state index contributed by atoms with van der Waals surface area (Å²) in [6.07, 6.45) is 1.78. The lowest BCUT2D eigenvalue weighted by Gasteiger charge is -2.09. The zero-order valence-corrected chi connectivity index (χ0v) is 19.0. The van der Waals surface area contributed by atoms with E-state index in [-0.39, 0.29) is 5.84 Å². The van der Waals surface area contributed by atoms with Gasteiger partial charge in [-0.3, -0.25) is 0 Å². The SMILES string of the molecule is Cc1nc(-c2ccc(OCCCCOc3ccc(C(N)=NO)cc3)cc2)c(C(C)C)s1. The van der Waals surface area contributed by atoms with Gasteiger partial charge in [0, 0.05) is 16.0 Å². The van der Waals surface area contributed by atoms with E-state index >= 15 is 0 Å². The summed E-state index contributed by atoms with van der Waals surface area (Å²) in [5, 5.41) is 12.8. The normalized spacial score (nSPS) is 11.7. The Hall–Kier alpha value is -3.06. The Morgan fingerprint density at radius 2 is 1.55 bits per heavy atom. The lowest BCUT2D eigenvalue weighted by molar-refractivity contribution is 0.266. The Bertz CT molecular complexity index is 996. The maximum absolute atomic E-state index is 8.68. The van der Waals surface area contributed by atoms with Crippen molar-refractivity contribution in [3.05, 3.63) is 64.0 Å². The number of aromatic nitrogens is 1. The van der Waals surface area contributed by atoms with E-state index in [9.17, 15) is 0 Å². The Labute approximate surface area is 187 Å². The number of nitrogens with zero attached hydrogens (tertiary/aromatic N) is 2.